The van der Waals surface area contributed by atoms with Crippen LogP contribution in [0.15, 0.2) is 35.4 Å². The van der Waals surface area contributed by atoms with Crippen LogP contribution in [0.2, 0.25) is 0 Å². The fourth-order valence-corrected chi connectivity index (χ4v) is 2.37. The summed E-state index contributed by atoms with van der Waals surface area (Å²) in [6, 6.07) is 10.2. The van der Waals surface area contributed by atoms with Crippen molar-refractivity contribution in [3.05, 3.63) is 35.9 Å². The first-order valence-electron chi connectivity index (χ1n) is 6.64. The molecule has 3 nitrogen and oxygen atoms in total. The minimum absolute atomic E-state index is 0.0730. The highest BCUT2D eigenvalue weighted by Crippen LogP contribution is 2.47. The molecule has 1 aromatic carbocycles. The molecular weight excluding hydrogens is 224 g/mol. The quantitative estimate of drug-likeness (QED) is 0.640. The maximum atomic E-state index is 11.9. The molecule has 2 aliphatic carbocycles. The van der Waals surface area contributed by atoms with Gasteiger partial charge >= 0.3 is 0 Å². The number of benzene rings is 1. The van der Waals surface area contributed by atoms with Crippen molar-refractivity contribution in [1.82, 2.24) is 5.43 Å². The van der Waals surface area contributed by atoms with Gasteiger partial charge in [0.2, 0.25) is 5.91 Å². The van der Waals surface area contributed by atoms with Gasteiger partial charge in [-0.1, -0.05) is 30.3 Å². The van der Waals surface area contributed by atoms with Gasteiger partial charge in [0.05, 0.1) is 0 Å². The first-order chi connectivity index (χ1) is 8.75. The Morgan fingerprint density at radius 3 is 2.67 bits per heavy atom. The summed E-state index contributed by atoms with van der Waals surface area (Å²) in [5.74, 6) is 1.20. The number of nitrogens with one attached hydrogen (secondary N) is 1. The van der Waals surface area contributed by atoms with Crippen LogP contribution in [0.5, 0.6) is 0 Å². The average Bonchev–Trinajstić information content (AvgIpc) is 3.29. The maximum Gasteiger partial charge on any atom is 0.243 e. The Labute approximate surface area is 107 Å². The van der Waals surface area contributed by atoms with E-state index in [0.717, 1.165) is 12.1 Å². The van der Waals surface area contributed by atoms with Crippen LogP contribution in [0.25, 0.3) is 0 Å². The SMILES string of the molecule is C/C(=N\NC(=O)[C@H]1C[C@H]1c1ccccc1)C1CC1. The zero-order chi connectivity index (χ0) is 12.5. The third-order valence-electron chi connectivity index (χ3n) is 3.87. The first kappa shape index (κ1) is 11.5. The van der Waals surface area contributed by atoms with E-state index >= 15 is 0 Å². The van der Waals surface area contributed by atoms with Crippen LogP contribution in [-0.2, 0) is 4.79 Å². The van der Waals surface area contributed by atoms with Crippen molar-refractivity contribution in [2.75, 3.05) is 0 Å². The Bertz CT molecular complexity index is 477. The van der Waals surface area contributed by atoms with E-state index in [4.69, 9.17) is 0 Å². The summed E-state index contributed by atoms with van der Waals surface area (Å²) in [5.41, 5.74) is 5.05. The molecule has 2 fully saturated rings. The summed E-state index contributed by atoms with van der Waals surface area (Å²) in [6.07, 6.45) is 3.40. The zero-order valence-corrected chi connectivity index (χ0v) is 10.6. The number of hydrazone groups is 1. The molecule has 0 spiro atoms. The second-order valence-electron chi connectivity index (χ2n) is 5.36. The third-order valence-corrected chi connectivity index (χ3v) is 3.87. The van der Waals surface area contributed by atoms with Crippen LogP contribution in [0.4, 0.5) is 0 Å². The lowest BCUT2D eigenvalue weighted by atomic mass is 10.1. The summed E-state index contributed by atoms with van der Waals surface area (Å²) in [7, 11) is 0. The second kappa shape index (κ2) is 4.56. The minimum Gasteiger partial charge on any atom is -0.273 e. The van der Waals surface area contributed by atoms with Gasteiger partial charge in [0.1, 0.15) is 0 Å². The van der Waals surface area contributed by atoms with Gasteiger partial charge in [-0.2, -0.15) is 5.10 Å². The van der Waals surface area contributed by atoms with Gasteiger partial charge in [-0.15, -0.1) is 0 Å². The van der Waals surface area contributed by atoms with Gasteiger partial charge in [-0.05, 0) is 43.6 Å². The summed E-state index contributed by atoms with van der Waals surface area (Å²) < 4.78 is 0. The van der Waals surface area contributed by atoms with Crippen LogP contribution in [-0.4, -0.2) is 11.6 Å². The van der Waals surface area contributed by atoms with Crippen LogP contribution >= 0.6 is 0 Å². The van der Waals surface area contributed by atoms with Gasteiger partial charge < -0.3 is 0 Å². The molecule has 0 unspecified atom stereocenters. The predicted molar refractivity (Wildman–Crippen MR) is 71.3 cm³/mol. The van der Waals surface area contributed by atoms with Crippen molar-refractivity contribution < 1.29 is 4.79 Å². The van der Waals surface area contributed by atoms with E-state index in [1.165, 1.54) is 18.4 Å². The number of hydrogen-bond donors (Lipinski definition) is 1. The highest BCUT2D eigenvalue weighted by atomic mass is 16.2. The lowest BCUT2D eigenvalue weighted by Crippen LogP contribution is -2.21. The van der Waals surface area contributed by atoms with Crippen LogP contribution in [0.3, 0.4) is 0 Å². The van der Waals surface area contributed by atoms with Gasteiger partial charge in [0, 0.05) is 11.6 Å². The molecule has 18 heavy (non-hydrogen) atoms. The lowest BCUT2D eigenvalue weighted by Gasteiger charge is -2.01. The molecule has 94 valence electrons. The van der Waals surface area contributed by atoms with E-state index in [2.05, 4.69) is 22.7 Å². The molecule has 0 radical (unpaired) electrons. The molecular formula is C15H18N2O. The van der Waals surface area contributed by atoms with Gasteiger partial charge in [0.25, 0.3) is 0 Å². The van der Waals surface area contributed by atoms with E-state index in [1.54, 1.807) is 0 Å². The topological polar surface area (TPSA) is 41.5 Å². The molecule has 1 amide bonds. The smallest absolute Gasteiger partial charge is 0.243 e. The van der Waals surface area contributed by atoms with Crippen molar-refractivity contribution in [2.24, 2.45) is 16.9 Å². The number of nitrogens with zero attached hydrogens (tertiary/aromatic N) is 1. The summed E-state index contributed by atoms with van der Waals surface area (Å²) in [5, 5.41) is 4.19. The Morgan fingerprint density at radius 1 is 1.28 bits per heavy atom. The van der Waals surface area contributed by atoms with Crippen LogP contribution in [0, 0.1) is 11.8 Å². The fraction of sp³-hybridized carbons (Fsp3) is 0.467. The monoisotopic (exact) mass is 242 g/mol. The number of hydrogen-bond acceptors (Lipinski definition) is 2. The van der Waals surface area contributed by atoms with E-state index in [-0.39, 0.29) is 11.8 Å². The molecule has 3 rings (SSSR count). The summed E-state index contributed by atoms with van der Waals surface area (Å²) in [4.78, 5) is 11.9. The number of amides is 1. The van der Waals surface area contributed by atoms with Gasteiger partial charge in [0.15, 0.2) is 0 Å². The molecule has 2 aliphatic rings. The number of carbonyl (C=O) groups is 1. The first-order valence-corrected chi connectivity index (χ1v) is 6.64. The summed E-state index contributed by atoms with van der Waals surface area (Å²) in [6.45, 7) is 2.00. The van der Waals surface area contributed by atoms with Crippen molar-refractivity contribution in [1.29, 1.82) is 0 Å². The Morgan fingerprint density at radius 2 is 2.00 bits per heavy atom. The highest BCUT2D eigenvalue weighted by Gasteiger charge is 2.43. The Hall–Kier alpha value is -1.64. The molecule has 0 bridgehead atoms. The van der Waals surface area contributed by atoms with Crippen molar-refractivity contribution in [2.45, 2.75) is 32.1 Å². The maximum absolute atomic E-state index is 11.9. The largest absolute Gasteiger partial charge is 0.273 e. The van der Waals surface area contributed by atoms with Crippen molar-refractivity contribution >= 4 is 11.6 Å². The summed E-state index contributed by atoms with van der Waals surface area (Å²) >= 11 is 0. The standard InChI is InChI=1S/C15H18N2O/c1-10(11-7-8-11)16-17-15(18)14-9-13(14)12-5-3-2-4-6-12/h2-6,11,13-14H,7-9H2,1H3,(H,17,18)/b16-10+/t13-,14-/m0/s1. The number of carbonyl (C=O) groups excluding carboxylic acids is 1. The van der Waals surface area contributed by atoms with E-state index in [1.807, 2.05) is 25.1 Å². The van der Waals surface area contributed by atoms with E-state index in [0.29, 0.717) is 11.8 Å². The molecule has 3 heteroatoms. The minimum atomic E-state index is 0.0730. The fourth-order valence-electron chi connectivity index (χ4n) is 2.37. The molecule has 0 aliphatic heterocycles. The third kappa shape index (κ3) is 2.45. The highest BCUT2D eigenvalue weighted by molar-refractivity contribution is 5.89. The molecule has 1 aromatic rings. The second-order valence-corrected chi connectivity index (χ2v) is 5.36. The van der Waals surface area contributed by atoms with Crippen LogP contribution < -0.4 is 5.43 Å². The predicted octanol–water partition coefficient (Wildman–Crippen LogP) is 2.69. The van der Waals surface area contributed by atoms with E-state index in [9.17, 15) is 4.79 Å². The molecule has 0 saturated heterocycles. The molecule has 2 saturated carbocycles. The normalized spacial score (nSPS) is 26.8. The Balaban J connectivity index is 1.54. The van der Waals surface area contributed by atoms with Crippen molar-refractivity contribution in [3.63, 3.8) is 0 Å². The zero-order valence-electron chi connectivity index (χ0n) is 10.6. The molecule has 1 N–H and O–H groups in total. The van der Waals surface area contributed by atoms with Crippen LogP contribution in [0.1, 0.15) is 37.7 Å². The average molecular weight is 242 g/mol. The van der Waals surface area contributed by atoms with E-state index < -0.39 is 0 Å². The molecule has 0 heterocycles. The van der Waals surface area contributed by atoms with Gasteiger partial charge in [-0.25, -0.2) is 5.43 Å². The lowest BCUT2D eigenvalue weighted by molar-refractivity contribution is -0.122. The molecule has 0 aromatic heterocycles. The number of rotatable bonds is 4. The molecule has 2 atom stereocenters. The van der Waals surface area contributed by atoms with Gasteiger partial charge in [-0.3, -0.25) is 4.79 Å². The van der Waals surface area contributed by atoms with Crippen molar-refractivity contribution in [3.8, 4) is 0 Å². The Kier molecular flexibility index (Phi) is 2.90.